The van der Waals surface area contributed by atoms with E-state index in [9.17, 15) is 4.79 Å². The van der Waals surface area contributed by atoms with Gasteiger partial charge in [-0.1, -0.05) is 44.8 Å². The number of carbonyl (C=O) groups is 1. The summed E-state index contributed by atoms with van der Waals surface area (Å²) in [5, 5.41) is 0. The number of hydrogen-bond donors (Lipinski definition) is 0. The molecule has 0 fully saturated rings. The second kappa shape index (κ2) is 9.50. The van der Waals surface area contributed by atoms with Gasteiger partial charge < -0.3 is 0 Å². The topological polar surface area (TPSA) is 17.1 Å². The molecule has 0 unspecified atom stereocenters. The molecule has 0 aromatic carbocycles. The van der Waals surface area contributed by atoms with Crippen LogP contribution in [-0.4, -0.2) is 5.78 Å². The zero-order valence-electron chi connectivity index (χ0n) is 9.01. The van der Waals surface area contributed by atoms with Gasteiger partial charge in [0.1, 0.15) is 5.78 Å². The Kier molecular flexibility index (Phi) is 9.07. The molecule has 0 heterocycles. The van der Waals surface area contributed by atoms with Crippen molar-refractivity contribution in [3.8, 4) is 0 Å². The molecule has 0 spiro atoms. The van der Waals surface area contributed by atoms with Crippen LogP contribution in [-0.2, 0) is 4.79 Å². The van der Waals surface area contributed by atoms with E-state index < -0.39 is 0 Å². The van der Waals surface area contributed by atoms with Crippen LogP contribution in [0.1, 0.15) is 58.8 Å². The van der Waals surface area contributed by atoms with Crippen LogP contribution < -0.4 is 0 Å². The summed E-state index contributed by atoms with van der Waals surface area (Å²) in [6, 6.07) is 0. The fourth-order valence-corrected chi connectivity index (χ4v) is 1.23. The minimum atomic E-state index is 0.252. The maximum atomic E-state index is 10.6. The Hall–Kier alpha value is -0.590. The smallest absolute Gasteiger partial charge is 0.133 e. The standard InChI is InChI=1S/C12H22O/c1-3-4-5-6-7-8-9-10-11-12(2)13/h9-10H,3-8,11H2,1-2H3. The van der Waals surface area contributed by atoms with Crippen LogP contribution in [0.25, 0.3) is 0 Å². The zero-order chi connectivity index (χ0) is 9.94. The average Bonchev–Trinajstić information content (AvgIpc) is 2.09. The van der Waals surface area contributed by atoms with Gasteiger partial charge in [0, 0.05) is 6.42 Å². The number of rotatable bonds is 8. The molecule has 76 valence electrons. The lowest BCUT2D eigenvalue weighted by atomic mass is 10.1. The Morgan fingerprint density at radius 3 is 2.38 bits per heavy atom. The van der Waals surface area contributed by atoms with Crippen molar-refractivity contribution in [3.63, 3.8) is 0 Å². The highest BCUT2D eigenvalue weighted by atomic mass is 16.1. The highest BCUT2D eigenvalue weighted by Gasteiger charge is 1.87. The Morgan fingerprint density at radius 2 is 1.77 bits per heavy atom. The van der Waals surface area contributed by atoms with E-state index in [-0.39, 0.29) is 5.78 Å². The van der Waals surface area contributed by atoms with Crippen molar-refractivity contribution in [1.82, 2.24) is 0 Å². The summed E-state index contributed by atoms with van der Waals surface area (Å²) in [6.07, 6.45) is 12.5. The highest BCUT2D eigenvalue weighted by Crippen LogP contribution is 2.05. The average molecular weight is 182 g/mol. The maximum Gasteiger partial charge on any atom is 0.133 e. The van der Waals surface area contributed by atoms with E-state index in [1.165, 1.54) is 32.1 Å². The van der Waals surface area contributed by atoms with Crippen molar-refractivity contribution in [2.24, 2.45) is 0 Å². The first-order valence-electron chi connectivity index (χ1n) is 5.41. The molecule has 0 radical (unpaired) electrons. The first kappa shape index (κ1) is 12.4. The van der Waals surface area contributed by atoms with Crippen LogP contribution >= 0.6 is 0 Å². The SMILES string of the molecule is CCCCCCCC=CCC(C)=O. The molecular formula is C12H22O. The zero-order valence-corrected chi connectivity index (χ0v) is 9.01. The number of allylic oxidation sites excluding steroid dienone is 2. The third-order valence-corrected chi connectivity index (χ3v) is 2.05. The van der Waals surface area contributed by atoms with Crippen LogP contribution in [0, 0.1) is 0 Å². The number of ketones is 1. The van der Waals surface area contributed by atoms with Gasteiger partial charge in [-0.3, -0.25) is 4.79 Å². The molecule has 0 saturated heterocycles. The van der Waals surface area contributed by atoms with Gasteiger partial charge in [-0.05, 0) is 19.8 Å². The number of unbranched alkanes of at least 4 members (excludes halogenated alkanes) is 5. The fraction of sp³-hybridized carbons (Fsp3) is 0.750. The summed E-state index contributed by atoms with van der Waals surface area (Å²) >= 11 is 0. The van der Waals surface area contributed by atoms with Crippen LogP contribution in [0.4, 0.5) is 0 Å². The Morgan fingerprint density at radius 1 is 1.08 bits per heavy atom. The number of Topliss-reactive ketones (excluding diaryl/α,β-unsaturated/α-hetero) is 1. The van der Waals surface area contributed by atoms with Crippen LogP contribution in [0.2, 0.25) is 0 Å². The van der Waals surface area contributed by atoms with Gasteiger partial charge in [0.15, 0.2) is 0 Å². The number of hydrogen-bond acceptors (Lipinski definition) is 1. The van der Waals surface area contributed by atoms with Crippen molar-refractivity contribution < 1.29 is 4.79 Å². The van der Waals surface area contributed by atoms with Crippen LogP contribution in [0.3, 0.4) is 0 Å². The molecule has 0 amide bonds. The monoisotopic (exact) mass is 182 g/mol. The predicted octanol–water partition coefficient (Wildman–Crippen LogP) is 3.88. The molecule has 0 aliphatic carbocycles. The van der Waals surface area contributed by atoms with Crippen molar-refractivity contribution >= 4 is 5.78 Å². The van der Waals surface area contributed by atoms with E-state index in [1.807, 2.05) is 6.08 Å². The lowest BCUT2D eigenvalue weighted by molar-refractivity contribution is -0.116. The summed E-state index contributed by atoms with van der Waals surface area (Å²) < 4.78 is 0. The quantitative estimate of drug-likeness (QED) is 0.411. The molecule has 0 saturated carbocycles. The van der Waals surface area contributed by atoms with E-state index in [0.717, 1.165) is 6.42 Å². The van der Waals surface area contributed by atoms with Gasteiger partial charge in [0.05, 0.1) is 0 Å². The van der Waals surface area contributed by atoms with E-state index in [4.69, 9.17) is 0 Å². The molecule has 0 aromatic rings. The van der Waals surface area contributed by atoms with Gasteiger partial charge in [0.25, 0.3) is 0 Å². The van der Waals surface area contributed by atoms with E-state index in [2.05, 4.69) is 13.0 Å². The summed E-state index contributed by atoms with van der Waals surface area (Å²) in [5.74, 6) is 0.252. The Balaban J connectivity index is 3.06. The Labute approximate surface area is 82.2 Å². The molecule has 1 heteroatoms. The number of carbonyl (C=O) groups excluding carboxylic acids is 1. The van der Waals surface area contributed by atoms with Crippen LogP contribution in [0.15, 0.2) is 12.2 Å². The third-order valence-electron chi connectivity index (χ3n) is 2.05. The van der Waals surface area contributed by atoms with Crippen molar-refractivity contribution in [3.05, 3.63) is 12.2 Å². The summed E-state index contributed by atoms with van der Waals surface area (Å²) in [6.45, 7) is 3.86. The molecule has 13 heavy (non-hydrogen) atoms. The molecule has 0 atom stereocenters. The lowest BCUT2D eigenvalue weighted by Crippen LogP contribution is -1.84. The molecule has 0 N–H and O–H groups in total. The molecule has 0 aliphatic heterocycles. The van der Waals surface area contributed by atoms with Gasteiger partial charge in [-0.25, -0.2) is 0 Å². The fourth-order valence-electron chi connectivity index (χ4n) is 1.23. The van der Waals surface area contributed by atoms with Gasteiger partial charge in [-0.2, -0.15) is 0 Å². The maximum absolute atomic E-state index is 10.6. The second-order valence-electron chi connectivity index (χ2n) is 3.58. The molecule has 0 aliphatic rings. The first-order valence-corrected chi connectivity index (χ1v) is 5.41. The van der Waals surface area contributed by atoms with Gasteiger partial charge in [0.2, 0.25) is 0 Å². The van der Waals surface area contributed by atoms with Gasteiger partial charge >= 0.3 is 0 Å². The summed E-state index contributed by atoms with van der Waals surface area (Å²) in [5.41, 5.74) is 0. The van der Waals surface area contributed by atoms with E-state index in [0.29, 0.717) is 6.42 Å². The predicted molar refractivity (Wildman–Crippen MR) is 57.8 cm³/mol. The van der Waals surface area contributed by atoms with Crippen molar-refractivity contribution in [1.29, 1.82) is 0 Å². The summed E-state index contributed by atoms with van der Waals surface area (Å²) in [4.78, 5) is 10.6. The lowest BCUT2D eigenvalue weighted by Gasteiger charge is -1.95. The largest absolute Gasteiger partial charge is 0.300 e. The molecule has 0 rings (SSSR count). The first-order chi connectivity index (χ1) is 6.27. The van der Waals surface area contributed by atoms with Crippen molar-refractivity contribution in [2.75, 3.05) is 0 Å². The molecular weight excluding hydrogens is 160 g/mol. The normalized spacial score (nSPS) is 10.9. The molecule has 1 nitrogen and oxygen atoms in total. The highest BCUT2D eigenvalue weighted by molar-refractivity contribution is 5.76. The molecule has 0 bridgehead atoms. The van der Waals surface area contributed by atoms with E-state index in [1.54, 1.807) is 6.92 Å². The minimum absolute atomic E-state index is 0.252. The van der Waals surface area contributed by atoms with E-state index >= 15 is 0 Å². The van der Waals surface area contributed by atoms with Crippen molar-refractivity contribution in [2.45, 2.75) is 58.8 Å². The van der Waals surface area contributed by atoms with Gasteiger partial charge in [-0.15, -0.1) is 0 Å². The summed E-state index contributed by atoms with van der Waals surface area (Å²) in [7, 11) is 0. The molecule has 0 aromatic heterocycles. The second-order valence-corrected chi connectivity index (χ2v) is 3.58. The minimum Gasteiger partial charge on any atom is -0.300 e. The Bertz CT molecular complexity index is 147. The third kappa shape index (κ3) is 11.4. The van der Waals surface area contributed by atoms with Crippen LogP contribution in [0.5, 0.6) is 0 Å².